The second-order valence-corrected chi connectivity index (χ2v) is 6.10. The van der Waals surface area contributed by atoms with E-state index in [1.165, 1.54) is 0 Å². The van der Waals surface area contributed by atoms with Crippen LogP contribution < -0.4 is 5.32 Å². The van der Waals surface area contributed by atoms with Crippen LogP contribution in [0.15, 0.2) is 0 Å². The van der Waals surface area contributed by atoms with Crippen LogP contribution >= 0.6 is 0 Å². The van der Waals surface area contributed by atoms with Crippen molar-refractivity contribution in [3.8, 4) is 0 Å². The number of hydrogen-bond acceptors (Lipinski definition) is 4. The number of carbonyl (C=O) groups excluding carboxylic acids is 3. The fraction of sp³-hybridized carbons (Fsp3) is 0.786. The van der Waals surface area contributed by atoms with Crippen molar-refractivity contribution in [1.82, 2.24) is 10.2 Å². The molecule has 1 N–H and O–H groups in total. The molecule has 20 heavy (non-hydrogen) atoms. The number of carbonyl (C=O) groups is 3. The molecular weight excluding hydrogens is 260 g/mol. The lowest BCUT2D eigenvalue weighted by Crippen LogP contribution is -2.45. The van der Waals surface area contributed by atoms with Gasteiger partial charge in [-0.25, -0.2) is 4.79 Å². The predicted molar refractivity (Wildman–Crippen MR) is 73.8 cm³/mol. The molecule has 1 aliphatic heterocycles. The third kappa shape index (κ3) is 4.51. The first kappa shape index (κ1) is 16.5. The normalized spacial score (nSPS) is 20.8. The Morgan fingerprint density at radius 2 is 2.05 bits per heavy atom. The molecule has 1 unspecified atom stereocenters. The Morgan fingerprint density at radius 1 is 1.45 bits per heavy atom. The zero-order chi connectivity index (χ0) is 15.5. The fourth-order valence-electron chi connectivity index (χ4n) is 2.03. The van der Waals surface area contributed by atoms with Crippen molar-refractivity contribution in [3.05, 3.63) is 0 Å². The molecule has 1 fully saturated rings. The van der Waals surface area contributed by atoms with Crippen LogP contribution in [0.4, 0.5) is 0 Å². The van der Waals surface area contributed by atoms with Crippen molar-refractivity contribution in [3.63, 3.8) is 0 Å². The summed E-state index contributed by atoms with van der Waals surface area (Å²) in [5.74, 6) is -1.14. The molecule has 0 radical (unpaired) electrons. The van der Waals surface area contributed by atoms with Crippen molar-refractivity contribution in [2.24, 2.45) is 5.92 Å². The summed E-state index contributed by atoms with van der Waals surface area (Å²) >= 11 is 0. The fourth-order valence-corrected chi connectivity index (χ4v) is 2.03. The molecule has 0 aromatic rings. The number of hydrogen-bond donors (Lipinski definition) is 1. The van der Waals surface area contributed by atoms with Crippen LogP contribution in [-0.4, -0.2) is 47.4 Å². The second-order valence-electron chi connectivity index (χ2n) is 6.10. The van der Waals surface area contributed by atoms with Crippen LogP contribution in [0.1, 0.15) is 41.0 Å². The summed E-state index contributed by atoms with van der Waals surface area (Å²) in [4.78, 5) is 37.0. The van der Waals surface area contributed by atoms with E-state index in [0.717, 1.165) is 0 Å². The van der Waals surface area contributed by atoms with E-state index < -0.39 is 17.6 Å². The summed E-state index contributed by atoms with van der Waals surface area (Å²) in [5.41, 5.74) is -0.585. The second kappa shape index (κ2) is 6.24. The Labute approximate surface area is 119 Å². The minimum Gasteiger partial charge on any atom is -0.458 e. The van der Waals surface area contributed by atoms with Gasteiger partial charge in [0.2, 0.25) is 11.8 Å². The van der Waals surface area contributed by atoms with Gasteiger partial charge in [-0.3, -0.25) is 9.59 Å². The molecule has 0 bridgehead atoms. The first-order valence-corrected chi connectivity index (χ1v) is 6.95. The maximum Gasteiger partial charge on any atom is 0.328 e. The molecule has 6 heteroatoms. The van der Waals surface area contributed by atoms with Crippen molar-refractivity contribution >= 4 is 17.8 Å². The van der Waals surface area contributed by atoms with Gasteiger partial charge in [0.05, 0.1) is 5.92 Å². The average molecular weight is 284 g/mol. The third-order valence-corrected chi connectivity index (χ3v) is 3.09. The van der Waals surface area contributed by atoms with E-state index in [1.54, 1.807) is 32.6 Å². The van der Waals surface area contributed by atoms with Gasteiger partial charge in [0.1, 0.15) is 11.6 Å². The first-order chi connectivity index (χ1) is 9.14. The van der Waals surface area contributed by atoms with E-state index in [0.29, 0.717) is 13.1 Å². The van der Waals surface area contributed by atoms with E-state index >= 15 is 0 Å². The van der Waals surface area contributed by atoms with Gasteiger partial charge >= 0.3 is 5.97 Å². The maximum absolute atomic E-state index is 12.0. The molecular formula is C14H24N2O4. The van der Waals surface area contributed by atoms with Gasteiger partial charge in [-0.15, -0.1) is 0 Å². The number of ether oxygens (including phenoxy) is 1. The lowest BCUT2D eigenvalue weighted by molar-refractivity contribution is -0.158. The van der Waals surface area contributed by atoms with Crippen LogP contribution in [0, 0.1) is 5.92 Å². The molecule has 0 spiro atoms. The highest BCUT2D eigenvalue weighted by Crippen LogP contribution is 2.17. The monoisotopic (exact) mass is 284 g/mol. The van der Waals surface area contributed by atoms with E-state index in [1.807, 2.05) is 6.92 Å². The molecule has 2 atom stereocenters. The van der Waals surface area contributed by atoms with E-state index in [2.05, 4.69) is 5.32 Å². The van der Waals surface area contributed by atoms with Gasteiger partial charge in [-0.2, -0.15) is 0 Å². The van der Waals surface area contributed by atoms with Crippen LogP contribution in [-0.2, 0) is 19.1 Å². The smallest absolute Gasteiger partial charge is 0.328 e. The van der Waals surface area contributed by atoms with E-state index in [4.69, 9.17) is 4.74 Å². The lowest BCUT2D eigenvalue weighted by atomic mass is 10.1. The molecule has 2 amide bonds. The number of nitrogens with one attached hydrogen (secondary N) is 1. The van der Waals surface area contributed by atoms with Crippen molar-refractivity contribution < 1.29 is 19.1 Å². The number of nitrogens with zero attached hydrogens (tertiary/aromatic N) is 1. The van der Waals surface area contributed by atoms with Crippen molar-refractivity contribution in [2.45, 2.75) is 52.7 Å². The zero-order valence-electron chi connectivity index (χ0n) is 12.9. The maximum atomic E-state index is 12.0. The Bertz CT molecular complexity index is 400. The molecule has 1 saturated heterocycles. The van der Waals surface area contributed by atoms with Gasteiger partial charge in [-0.05, 0) is 34.6 Å². The minimum atomic E-state index is -0.715. The number of likely N-dealkylation sites (tertiary alicyclic amines) is 1. The molecule has 1 heterocycles. The summed E-state index contributed by atoms with van der Waals surface area (Å²) in [5, 5.41) is 2.62. The van der Waals surface area contributed by atoms with E-state index in [9.17, 15) is 14.4 Å². The summed E-state index contributed by atoms with van der Waals surface area (Å²) in [6.45, 7) is 9.80. The number of rotatable bonds is 4. The summed E-state index contributed by atoms with van der Waals surface area (Å²) in [6, 6.07) is -0.715. The highest BCUT2D eigenvalue weighted by atomic mass is 16.6. The lowest BCUT2D eigenvalue weighted by Gasteiger charge is -2.23. The largest absolute Gasteiger partial charge is 0.458 e. The highest BCUT2D eigenvalue weighted by molar-refractivity contribution is 5.91. The minimum absolute atomic E-state index is 0.0161. The molecule has 1 aliphatic rings. The standard InChI is InChI=1S/C14H24N2O4/c1-6-16-8-10(7-11(16)17)12(18)15-9(2)13(19)20-14(3,4)5/h9-10H,6-8H2,1-5H3,(H,15,18)/t9-,10?/m1/s1. The van der Waals surface area contributed by atoms with Gasteiger partial charge in [0.25, 0.3) is 0 Å². The molecule has 1 rings (SSSR count). The number of amides is 2. The Hall–Kier alpha value is -1.59. The molecule has 0 aromatic heterocycles. The quantitative estimate of drug-likeness (QED) is 0.771. The van der Waals surface area contributed by atoms with Gasteiger partial charge in [-0.1, -0.05) is 0 Å². The van der Waals surface area contributed by atoms with E-state index in [-0.39, 0.29) is 24.2 Å². The summed E-state index contributed by atoms with van der Waals surface area (Å²) in [6.07, 6.45) is 0.209. The Morgan fingerprint density at radius 3 is 2.50 bits per heavy atom. The van der Waals surface area contributed by atoms with Crippen LogP contribution in [0.2, 0.25) is 0 Å². The van der Waals surface area contributed by atoms with Crippen molar-refractivity contribution in [2.75, 3.05) is 13.1 Å². The van der Waals surface area contributed by atoms with Crippen molar-refractivity contribution in [1.29, 1.82) is 0 Å². The topological polar surface area (TPSA) is 75.7 Å². The predicted octanol–water partition coefficient (Wildman–Crippen LogP) is 0.701. The van der Waals surface area contributed by atoms with Crippen LogP contribution in [0.25, 0.3) is 0 Å². The van der Waals surface area contributed by atoms with Crippen LogP contribution in [0.5, 0.6) is 0 Å². The highest BCUT2D eigenvalue weighted by Gasteiger charge is 2.34. The summed E-state index contributed by atoms with van der Waals surface area (Å²) < 4.78 is 5.20. The summed E-state index contributed by atoms with van der Waals surface area (Å²) in [7, 11) is 0. The molecule has 0 saturated carbocycles. The average Bonchev–Trinajstić information content (AvgIpc) is 2.68. The van der Waals surface area contributed by atoms with Crippen LogP contribution in [0.3, 0.4) is 0 Å². The van der Waals surface area contributed by atoms with Gasteiger partial charge < -0.3 is 15.0 Å². The van der Waals surface area contributed by atoms with Gasteiger partial charge in [0.15, 0.2) is 0 Å². The number of esters is 1. The first-order valence-electron chi connectivity index (χ1n) is 6.95. The Balaban J connectivity index is 2.50. The van der Waals surface area contributed by atoms with Gasteiger partial charge in [0, 0.05) is 19.5 Å². The molecule has 0 aromatic carbocycles. The molecule has 0 aliphatic carbocycles. The zero-order valence-corrected chi connectivity index (χ0v) is 12.9. The molecule has 6 nitrogen and oxygen atoms in total. The Kier molecular flexibility index (Phi) is 5.14. The SMILES string of the molecule is CCN1CC(C(=O)N[C@H](C)C(=O)OC(C)(C)C)CC1=O. The molecule has 114 valence electrons. The third-order valence-electron chi connectivity index (χ3n) is 3.09.